The number of carbonyl (C=O) groups excluding carboxylic acids is 1. The quantitative estimate of drug-likeness (QED) is 0.607. The zero-order valence-electron chi connectivity index (χ0n) is 7.52. The van der Waals surface area contributed by atoms with Crippen LogP contribution in [0.3, 0.4) is 0 Å². The standard InChI is InChI=1S/C8H13NO4/c1-13-8(12)6-2-3-9(4-6)5-7(10)11/h6H,2-5H2,1H3,(H,10,11). The molecule has 1 fully saturated rings. The molecular formula is C8H13NO4. The summed E-state index contributed by atoms with van der Waals surface area (Å²) < 4.78 is 4.57. The second-order valence-electron chi connectivity index (χ2n) is 3.14. The maximum absolute atomic E-state index is 11.0. The third kappa shape index (κ3) is 2.69. The van der Waals surface area contributed by atoms with E-state index in [9.17, 15) is 9.59 Å². The Balaban J connectivity index is 2.36. The Labute approximate surface area is 76.3 Å². The fraction of sp³-hybridized carbons (Fsp3) is 0.750. The monoisotopic (exact) mass is 187 g/mol. The first-order valence-corrected chi connectivity index (χ1v) is 4.15. The van der Waals surface area contributed by atoms with Crippen LogP contribution < -0.4 is 0 Å². The fourth-order valence-corrected chi connectivity index (χ4v) is 1.53. The zero-order valence-corrected chi connectivity index (χ0v) is 7.52. The number of nitrogens with zero attached hydrogens (tertiary/aromatic N) is 1. The van der Waals surface area contributed by atoms with Crippen molar-refractivity contribution < 1.29 is 19.4 Å². The lowest BCUT2D eigenvalue weighted by atomic mass is 10.1. The molecule has 0 bridgehead atoms. The number of aliphatic carboxylic acids is 1. The number of hydrogen-bond donors (Lipinski definition) is 1. The molecule has 0 aliphatic carbocycles. The van der Waals surface area contributed by atoms with Crippen molar-refractivity contribution in [3.05, 3.63) is 0 Å². The van der Waals surface area contributed by atoms with Crippen LogP contribution in [-0.2, 0) is 14.3 Å². The van der Waals surface area contributed by atoms with Gasteiger partial charge in [-0.3, -0.25) is 14.5 Å². The van der Waals surface area contributed by atoms with Crippen molar-refractivity contribution in [3.8, 4) is 0 Å². The maximum atomic E-state index is 11.0. The molecule has 1 heterocycles. The van der Waals surface area contributed by atoms with Gasteiger partial charge in [-0.1, -0.05) is 0 Å². The minimum atomic E-state index is -0.856. The molecule has 0 aromatic rings. The Kier molecular flexibility index (Phi) is 3.25. The second-order valence-corrected chi connectivity index (χ2v) is 3.14. The molecule has 0 amide bonds. The summed E-state index contributed by atoms with van der Waals surface area (Å²) in [5.41, 5.74) is 0. The highest BCUT2D eigenvalue weighted by Gasteiger charge is 2.29. The summed E-state index contributed by atoms with van der Waals surface area (Å²) in [5.74, 6) is -1.25. The van der Waals surface area contributed by atoms with Gasteiger partial charge in [0.2, 0.25) is 0 Å². The Hall–Kier alpha value is -1.10. The summed E-state index contributed by atoms with van der Waals surface area (Å²) in [6, 6.07) is 0. The van der Waals surface area contributed by atoms with Gasteiger partial charge in [0.05, 0.1) is 19.6 Å². The van der Waals surface area contributed by atoms with Gasteiger partial charge in [-0.25, -0.2) is 0 Å². The number of hydrogen-bond acceptors (Lipinski definition) is 4. The fourth-order valence-electron chi connectivity index (χ4n) is 1.53. The number of carbonyl (C=O) groups is 2. The number of carboxylic acid groups (broad SMARTS) is 1. The normalized spacial score (nSPS) is 23.0. The van der Waals surface area contributed by atoms with E-state index in [1.165, 1.54) is 7.11 Å². The molecule has 5 nitrogen and oxygen atoms in total. The first-order chi connectivity index (χ1) is 6.13. The average molecular weight is 187 g/mol. The lowest BCUT2D eigenvalue weighted by Gasteiger charge is -2.11. The SMILES string of the molecule is COC(=O)C1CCN(CC(=O)O)C1. The van der Waals surface area contributed by atoms with Crippen molar-refractivity contribution in [2.24, 2.45) is 5.92 Å². The van der Waals surface area contributed by atoms with Gasteiger partial charge in [-0.2, -0.15) is 0 Å². The molecule has 1 aliphatic heterocycles. The van der Waals surface area contributed by atoms with Crippen molar-refractivity contribution in [2.75, 3.05) is 26.7 Å². The van der Waals surface area contributed by atoms with Crippen LogP contribution in [0.5, 0.6) is 0 Å². The smallest absolute Gasteiger partial charge is 0.317 e. The summed E-state index contributed by atoms with van der Waals surface area (Å²) in [5, 5.41) is 8.50. The Bertz CT molecular complexity index is 216. The Morgan fingerprint density at radius 2 is 2.31 bits per heavy atom. The number of ether oxygens (including phenoxy) is 1. The van der Waals surface area contributed by atoms with Crippen LogP contribution in [0.2, 0.25) is 0 Å². The van der Waals surface area contributed by atoms with Gasteiger partial charge >= 0.3 is 11.9 Å². The first kappa shape index (κ1) is 9.98. The van der Waals surface area contributed by atoms with E-state index >= 15 is 0 Å². The average Bonchev–Trinajstić information content (AvgIpc) is 2.50. The number of carboxylic acids is 1. The highest BCUT2D eigenvalue weighted by Crippen LogP contribution is 2.16. The van der Waals surface area contributed by atoms with Gasteiger partial charge in [0.15, 0.2) is 0 Å². The molecule has 0 saturated carbocycles. The summed E-state index contributed by atoms with van der Waals surface area (Å²) >= 11 is 0. The van der Waals surface area contributed by atoms with Crippen LogP contribution >= 0.6 is 0 Å². The highest BCUT2D eigenvalue weighted by atomic mass is 16.5. The Morgan fingerprint density at radius 3 is 2.85 bits per heavy atom. The third-order valence-electron chi connectivity index (χ3n) is 2.17. The van der Waals surface area contributed by atoms with Crippen molar-refractivity contribution in [3.63, 3.8) is 0 Å². The molecule has 74 valence electrons. The van der Waals surface area contributed by atoms with Gasteiger partial charge in [-0.05, 0) is 13.0 Å². The summed E-state index contributed by atoms with van der Waals surface area (Å²) in [6.45, 7) is 1.17. The summed E-state index contributed by atoms with van der Waals surface area (Å²) in [7, 11) is 1.35. The minimum absolute atomic E-state index is 0.00743. The van der Waals surface area contributed by atoms with Gasteiger partial charge in [-0.15, -0.1) is 0 Å². The van der Waals surface area contributed by atoms with E-state index < -0.39 is 5.97 Å². The van der Waals surface area contributed by atoms with E-state index in [1.54, 1.807) is 4.90 Å². The van der Waals surface area contributed by atoms with Crippen molar-refractivity contribution in [1.82, 2.24) is 4.90 Å². The van der Waals surface area contributed by atoms with Crippen LogP contribution in [0.4, 0.5) is 0 Å². The van der Waals surface area contributed by atoms with Crippen LogP contribution in [0.1, 0.15) is 6.42 Å². The van der Waals surface area contributed by atoms with Crippen LogP contribution in [-0.4, -0.2) is 48.7 Å². The molecule has 1 aliphatic rings. The Morgan fingerprint density at radius 1 is 1.62 bits per heavy atom. The maximum Gasteiger partial charge on any atom is 0.317 e. The lowest BCUT2D eigenvalue weighted by Crippen LogP contribution is -2.29. The van der Waals surface area contributed by atoms with E-state index in [0.717, 1.165) is 0 Å². The number of likely N-dealkylation sites (tertiary alicyclic amines) is 1. The van der Waals surface area contributed by atoms with Crippen LogP contribution in [0, 0.1) is 5.92 Å². The second kappa shape index (κ2) is 4.23. The number of esters is 1. The van der Waals surface area contributed by atoms with Gasteiger partial charge in [0, 0.05) is 6.54 Å². The molecule has 0 aromatic carbocycles. The van der Waals surface area contributed by atoms with Crippen LogP contribution in [0.25, 0.3) is 0 Å². The molecule has 1 N–H and O–H groups in total. The molecule has 0 spiro atoms. The molecule has 13 heavy (non-hydrogen) atoms. The predicted octanol–water partition coefficient (Wildman–Crippen LogP) is -0.434. The first-order valence-electron chi connectivity index (χ1n) is 4.15. The molecule has 1 rings (SSSR count). The molecule has 1 saturated heterocycles. The number of methoxy groups -OCH3 is 1. The molecule has 5 heteroatoms. The van der Waals surface area contributed by atoms with Gasteiger partial charge in [0.1, 0.15) is 0 Å². The topological polar surface area (TPSA) is 66.8 Å². The van der Waals surface area contributed by atoms with Crippen molar-refractivity contribution >= 4 is 11.9 Å². The predicted molar refractivity (Wildman–Crippen MR) is 44.2 cm³/mol. The molecule has 1 unspecified atom stereocenters. The van der Waals surface area contributed by atoms with E-state index in [-0.39, 0.29) is 18.4 Å². The number of rotatable bonds is 3. The molecule has 0 radical (unpaired) electrons. The van der Waals surface area contributed by atoms with Crippen LogP contribution in [0.15, 0.2) is 0 Å². The van der Waals surface area contributed by atoms with E-state index in [4.69, 9.17) is 5.11 Å². The van der Waals surface area contributed by atoms with Gasteiger partial charge < -0.3 is 9.84 Å². The van der Waals surface area contributed by atoms with Crippen molar-refractivity contribution in [2.45, 2.75) is 6.42 Å². The largest absolute Gasteiger partial charge is 0.480 e. The molecule has 1 atom stereocenters. The van der Waals surface area contributed by atoms with E-state index in [2.05, 4.69) is 4.74 Å². The third-order valence-corrected chi connectivity index (χ3v) is 2.17. The van der Waals surface area contributed by atoms with E-state index in [1.807, 2.05) is 0 Å². The summed E-state index contributed by atoms with van der Waals surface area (Å²) in [4.78, 5) is 23.1. The van der Waals surface area contributed by atoms with Crippen molar-refractivity contribution in [1.29, 1.82) is 0 Å². The zero-order chi connectivity index (χ0) is 9.84. The van der Waals surface area contributed by atoms with E-state index in [0.29, 0.717) is 19.5 Å². The molecular weight excluding hydrogens is 174 g/mol. The molecule has 0 aromatic heterocycles. The van der Waals surface area contributed by atoms with Gasteiger partial charge in [0.25, 0.3) is 0 Å². The minimum Gasteiger partial charge on any atom is -0.480 e. The lowest BCUT2D eigenvalue weighted by molar-refractivity contribution is -0.145. The highest BCUT2D eigenvalue weighted by molar-refractivity contribution is 5.73. The summed E-state index contributed by atoms with van der Waals surface area (Å²) in [6.07, 6.45) is 0.694.